The Morgan fingerprint density at radius 1 is 1.18 bits per heavy atom. The summed E-state index contributed by atoms with van der Waals surface area (Å²) in [5, 5.41) is 6.70. The largest absolute Gasteiger partial charge is 0.493 e. The van der Waals surface area contributed by atoms with Gasteiger partial charge in [-0.3, -0.25) is 9.59 Å². The van der Waals surface area contributed by atoms with Crippen molar-refractivity contribution in [2.45, 2.75) is 32.6 Å². The highest BCUT2D eigenvalue weighted by molar-refractivity contribution is 6.05. The van der Waals surface area contributed by atoms with Gasteiger partial charge in [0.05, 0.1) is 25.6 Å². The van der Waals surface area contributed by atoms with Crippen LogP contribution in [0.1, 0.15) is 59.2 Å². The topological polar surface area (TPSA) is 93.9 Å². The molecule has 0 aliphatic heterocycles. The molecule has 1 aliphatic carbocycles. The first-order valence-electron chi connectivity index (χ1n) is 9.35. The number of carbonyl (C=O) groups excluding carboxylic acids is 2. The molecule has 1 aromatic heterocycles. The predicted molar refractivity (Wildman–Crippen MR) is 103 cm³/mol. The van der Waals surface area contributed by atoms with E-state index in [0.717, 1.165) is 18.5 Å². The standard InChI is InChI=1S/C20H25N3O5/c1-5-23(6-2)20(25)13-9-15(18(27-4)16(10-13)26-3)21-19(24)17-11-14(22-28-17)12-7-8-12/h9-12H,5-8H2,1-4H3,(H,21,24). The number of anilines is 1. The minimum Gasteiger partial charge on any atom is -0.493 e. The molecule has 2 amide bonds. The number of methoxy groups -OCH3 is 2. The predicted octanol–water partition coefficient (Wildman–Crippen LogP) is 3.30. The first kappa shape index (κ1) is 19.7. The van der Waals surface area contributed by atoms with Crippen molar-refractivity contribution in [3.63, 3.8) is 0 Å². The molecule has 0 saturated heterocycles. The summed E-state index contributed by atoms with van der Waals surface area (Å²) < 4.78 is 15.9. The van der Waals surface area contributed by atoms with Crippen LogP contribution >= 0.6 is 0 Å². The van der Waals surface area contributed by atoms with E-state index in [1.807, 2.05) is 13.8 Å². The summed E-state index contributed by atoms with van der Waals surface area (Å²) >= 11 is 0. The summed E-state index contributed by atoms with van der Waals surface area (Å²) in [4.78, 5) is 27.1. The summed E-state index contributed by atoms with van der Waals surface area (Å²) in [6.07, 6.45) is 2.13. The number of nitrogens with zero attached hydrogens (tertiary/aromatic N) is 2. The molecule has 2 aromatic rings. The first-order valence-corrected chi connectivity index (χ1v) is 9.35. The van der Waals surface area contributed by atoms with Crippen molar-refractivity contribution in [2.24, 2.45) is 0 Å². The Morgan fingerprint density at radius 2 is 1.89 bits per heavy atom. The summed E-state index contributed by atoms with van der Waals surface area (Å²) in [6, 6.07) is 4.84. The minimum atomic E-state index is -0.466. The number of benzene rings is 1. The molecule has 8 heteroatoms. The molecule has 1 aromatic carbocycles. The third kappa shape index (κ3) is 3.95. The molecule has 0 bridgehead atoms. The number of ether oxygens (including phenoxy) is 2. The Morgan fingerprint density at radius 3 is 2.46 bits per heavy atom. The maximum Gasteiger partial charge on any atom is 0.294 e. The van der Waals surface area contributed by atoms with Crippen molar-refractivity contribution < 1.29 is 23.6 Å². The fraction of sp³-hybridized carbons (Fsp3) is 0.450. The van der Waals surface area contributed by atoms with Crippen molar-refractivity contribution in [3.8, 4) is 11.5 Å². The Bertz CT molecular complexity index is 869. The average molecular weight is 387 g/mol. The van der Waals surface area contributed by atoms with E-state index in [1.54, 1.807) is 23.1 Å². The van der Waals surface area contributed by atoms with E-state index in [4.69, 9.17) is 14.0 Å². The van der Waals surface area contributed by atoms with Crippen LogP contribution < -0.4 is 14.8 Å². The molecule has 0 spiro atoms. The zero-order valence-electron chi connectivity index (χ0n) is 16.6. The summed E-state index contributed by atoms with van der Waals surface area (Å²) in [7, 11) is 2.95. The van der Waals surface area contributed by atoms with Crippen LogP contribution in [0.15, 0.2) is 22.7 Å². The smallest absolute Gasteiger partial charge is 0.294 e. The van der Waals surface area contributed by atoms with Crippen molar-refractivity contribution in [3.05, 3.63) is 35.2 Å². The third-order valence-corrected chi connectivity index (χ3v) is 4.77. The molecular formula is C20H25N3O5. The number of rotatable bonds is 8. The van der Waals surface area contributed by atoms with Gasteiger partial charge in [0.25, 0.3) is 11.8 Å². The highest BCUT2D eigenvalue weighted by Crippen LogP contribution is 2.40. The Labute approximate surface area is 163 Å². The molecular weight excluding hydrogens is 362 g/mol. The molecule has 150 valence electrons. The highest BCUT2D eigenvalue weighted by Gasteiger charge is 2.29. The van der Waals surface area contributed by atoms with Gasteiger partial charge in [-0.2, -0.15) is 0 Å². The number of nitrogens with one attached hydrogen (secondary N) is 1. The second kappa shape index (κ2) is 8.33. The average Bonchev–Trinajstić information content (AvgIpc) is 3.44. The lowest BCUT2D eigenvalue weighted by Crippen LogP contribution is -2.30. The second-order valence-electron chi connectivity index (χ2n) is 6.58. The quantitative estimate of drug-likeness (QED) is 0.747. The van der Waals surface area contributed by atoms with Gasteiger partial charge in [0.1, 0.15) is 0 Å². The maximum atomic E-state index is 12.8. The third-order valence-electron chi connectivity index (χ3n) is 4.77. The van der Waals surface area contributed by atoms with Crippen LogP contribution in [-0.2, 0) is 0 Å². The fourth-order valence-electron chi connectivity index (χ4n) is 3.03. The first-order chi connectivity index (χ1) is 13.5. The molecule has 0 radical (unpaired) electrons. The van der Waals surface area contributed by atoms with Gasteiger partial charge in [0.15, 0.2) is 11.5 Å². The molecule has 0 atom stereocenters. The SMILES string of the molecule is CCN(CC)C(=O)c1cc(NC(=O)c2cc(C3CC3)no2)c(OC)c(OC)c1. The number of aromatic nitrogens is 1. The van der Waals surface area contributed by atoms with E-state index < -0.39 is 5.91 Å². The van der Waals surface area contributed by atoms with Crippen molar-refractivity contribution in [2.75, 3.05) is 32.6 Å². The van der Waals surface area contributed by atoms with Gasteiger partial charge in [-0.25, -0.2) is 0 Å². The van der Waals surface area contributed by atoms with Crippen LogP contribution in [0, 0.1) is 0 Å². The van der Waals surface area contributed by atoms with Crippen LogP contribution in [-0.4, -0.2) is 49.2 Å². The molecule has 3 rings (SSSR count). The Kier molecular flexibility index (Phi) is 5.87. The lowest BCUT2D eigenvalue weighted by atomic mass is 10.1. The van der Waals surface area contributed by atoms with Gasteiger partial charge < -0.3 is 24.2 Å². The number of amides is 2. The second-order valence-corrected chi connectivity index (χ2v) is 6.58. The zero-order chi connectivity index (χ0) is 20.3. The van der Waals surface area contributed by atoms with E-state index in [9.17, 15) is 9.59 Å². The van der Waals surface area contributed by atoms with Gasteiger partial charge in [-0.1, -0.05) is 5.16 Å². The van der Waals surface area contributed by atoms with E-state index in [1.165, 1.54) is 14.2 Å². The monoisotopic (exact) mass is 387 g/mol. The molecule has 8 nitrogen and oxygen atoms in total. The van der Waals surface area contributed by atoms with E-state index in [-0.39, 0.29) is 11.7 Å². The summed E-state index contributed by atoms with van der Waals surface area (Å²) in [5.74, 6) is 0.559. The molecule has 28 heavy (non-hydrogen) atoms. The zero-order valence-corrected chi connectivity index (χ0v) is 16.6. The molecule has 1 aliphatic rings. The van der Waals surface area contributed by atoms with Crippen LogP contribution in [0.3, 0.4) is 0 Å². The van der Waals surface area contributed by atoms with Gasteiger partial charge in [0, 0.05) is 30.6 Å². The molecule has 1 fully saturated rings. The summed E-state index contributed by atoms with van der Waals surface area (Å²) in [6.45, 7) is 4.97. The van der Waals surface area contributed by atoms with Gasteiger partial charge in [-0.15, -0.1) is 0 Å². The lowest BCUT2D eigenvalue weighted by molar-refractivity contribution is 0.0772. The van der Waals surface area contributed by atoms with Crippen molar-refractivity contribution >= 4 is 17.5 Å². The van der Waals surface area contributed by atoms with Crippen molar-refractivity contribution in [1.82, 2.24) is 10.1 Å². The Balaban J connectivity index is 1.91. The molecule has 1 heterocycles. The van der Waals surface area contributed by atoms with Gasteiger partial charge >= 0.3 is 0 Å². The van der Waals surface area contributed by atoms with E-state index in [2.05, 4.69) is 10.5 Å². The van der Waals surface area contributed by atoms with Gasteiger partial charge in [-0.05, 0) is 38.8 Å². The summed E-state index contributed by atoms with van der Waals surface area (Å²) in [5.41, 5.74) is 1.51. The highest BCUT2D eigenvalue weighted by atomic mass is 16.5. The van der Waals surface area contributed by atoms with E-state index in [0.29, 0.717) is 41.8 Å². The fourth-order valence-corrected chi connectivity index (χ4v) is 3.03. The molecule has 1 N–H and O–H groups in total. The van der Waals surface area contributed by atoms with Crippen LogP contribution in [0.2, 0.25) is 0 Å². The normalized spacial score (nSPS) is 13.1. The van der Waals surface area contributed by atoms with Crippen LogP contribution in [0.25, 0.3) is 0 Å². The lowest BCUT2D eigenvalue weighted by Gasteiger charge is -2.20. The minimum absolute atomic E-state index is 0.114. The van der Waals surface area contributed by atoms with E-state index >= 15 is 0 Å². The maximum absolute atomic E-state index is 12.8. The van der Waals surface area contributed by atoms with Crippen LogP contribution in [0.4, 0.5) is 5.69 Å². The van der Waals surface area contributed by atoms with Crippen LogP contribution in [0.5, 0.6) is 11.5 Å². The molecule has 1 saturated carbocycles. The van der Waals surface area contributed by atoms with Gasteiger partial charge in [0.2, 0.25) is 5.76 Å². The number of hydrogen-bond acceptors (Lipinski definition) is 6. The molecule has 0 unspecified atom stereocenters. The van der Waals surface area contributed by atoms with Crippen molar-refractivity contribution in [1.29, 1.82) is 0 Å². The number of carbonyl (C=O) groups is 2. The Hall–Kier alpha value is -3.03. The number of hydrogen-bond donors (Lipinski definition) is 1.